The third-order valence-corrected chi connectivity index (χ3v) is 10.2. The first-order chi connectivity index (χ1) is 23.4. The van der Waals surface area contributed by atoms with Gasteiger partial charge >= 0.3 is 0 Å². The molecule has 0 aliphatic carbocycles. The number of aromatic nitrogens is 3. The van der Waals surface area contributed by atoms with Gasteiger partial charge in [-0.2, -0.15) is 9.49 Å². The first-order valence-electron chi connectivity index (χ1n) is 16.1. The summed E-state index contributed by atoms with van der Waals surface area (Å²) in [6.07, 6.45) is 1.42. The fraction of sp³-hybridized carbons (Fsp3) is 0.306. The van der Waals surface area contributed by atoms with Crippen molar-refractivity contribution in [1.82, 2.24) is 19.2 Å². The summed E-state index contributed by atoms with van der Waals surface area (Å²) >= 11 is 0. The van der Waals surface area contributed by atoms with Crippen molar-refractivity contribution in [3.05, 3.63) is 101 Å². The van der Waals surface area contributed by atoms with Crippen molar-refractivity contribution in [3.8, 4) is 17.2 Å². The number of halogens is 2. The van der Waals surface area contributed by atoms with Gasteiger partial charge in [0.15, 0.2) is 11.6 Å². The minimum absolute atomic E-state index is 0.0874. The van der Waals surface area contributed by atoms with E-state index < -0.39 is 19.7 Å². The molecule has 13 heteroatoms. The molecule has 2 N–H and O–H groups in total. The number of fused-ring (bicyclic) bond motifs is 1. The summed E-state index contributed by atoms with van der Waals surface area (Å²) in [5.74, 6) is -2.36. The molecular formula is C36H39F2N5O5Si. The molecule has 0 saturated carbocycles. The molecule has 1 fully saturated rings. The van der Waals surface area contributed by atoms with E-state index in [1.807, 2.05) is 10.6 Å². The van der Waals surface area contributed by atoms with Gasteiger partial charge in [0.05, 0.1) is 41.9 Å². The van der Waals surface area contributed by atoms with Crippen molar-refractivity contribution in [3.63, 3.8) is 0 Å². The molecule has 0 unspecified atom stereocenters. The molecule has 0 spiro atoms. The Morgan fingerprint density at radius 1 is 1.02 bits per heavy atom. The Labute approximate surface area is 284 Å². The van der Waals surface area contributed by atoms with Crippen LogP contribution in [0.2, 0.25) is 25.7 Å². The van der Waals surface area contributed by atoms with E-state index in [1.165, 1.54) is 23.0 Å². The number of anilines is 1. The normalized spacial score (nSPS) is 13.6. The summed E-state index contributed by atoms with van der Waals surface area (Å²) in [4.78, 5) is 29.2. The molecule has 0 radical (unpaired) electrons. The molecule has 1 aliphatic heterocycles. The average molecular weight is 688 g/mol. The zero-order valence-corrected chi connectivity index (χ0v) is 29.0. The maximum Gasteiger partial charge on any atom is 0.254 e. The van der Waals surface area contributed by atoms with Crippen molar-refractivity contribution in [2.24, 2.45) is 0 Å². The Balaban J connectivity index is 1.30. The number of nitrogens with zero attached hydrogens (tertiary/aromatic N) is 4. The number of carbonyl (C=O) groups is 2. The summed E-state index contributed by atoms with van der Waals surface area (Å²) < 4.78 is 48.2. The first-order valence-corrected chi connectivity index (χ1v) is 19.8. The summed E-state index contributed by atoms with van der Waals surface area (Å²) in [7, 11) is -1.35. The highest BCUT2D eigenvalue weighted by atomic mass is 28.3. The van der Waals surface area contributed by atoms with Crippen molar-refractivity contribution in [2.45, 2.75) is 39.3 Å². The van der Waals surface area contributed by atoms with Crippen LogP contribution in [0.4, 0.5) is 14.6 Å². The van der Waals surface area contributed by atoms with E-state index in [4.69, 9.17) is 19.9 Å². The molecule has 10 nitrogen and oxygen atoms in total. The Morgan fingerprint density at radius 3 is 2.53 bits per heavy atom. The van der Waals surface area contributed by atoms with Crippen LogP contribution >= 0.6 is 0 Å². The van der Waals surface area contributed by atoms with Crippen LogP contribution in [0.1, 0.15) is 32.0 Å². The predicted octanol–water partition coefficient (Wildman–Crippen LogP) is 6.80. The molecule has 256 valence electrons. The Kier molecular flexibility index (Phi) is 9.68. The molecule has 0 atom stereocenters. The zero-order valence-electron chi connectivity index (χ0n) is 28.0. The lowest BCUT2D eigenvalue weighted by atomic mass is 10.1. The van der Waals surface area contributed by atoms with Gasteiger partial charge in [0.2, 0.25) is 11.6 Å². The molecular weight excluding hydrogens is 649 g/mol. The number of aryl methyl sites for hydroxylation is 1. The lowest BCUT2D eigenvalue weighted by Crippen LogP contribution is -2.40. The fourth-order valence-corrected chi connectivity index (χ4v) is 6.45. The maximum absolute atomic E-state index is 14.2. The third kappa shape index (κ3) is 7.28. The SMILES string of the molecule is Cc1cc(Oc2cccc(F)c2F)ccc1-n1ncc(C(=O)c2cc3cc(C(=O)N4CCOCC4)ccc3n2COCC[Si](C)(C)C)c1N. The molecule has 6 rings (SSSR count). The van der Waals surface area contributed by atoms with Gasteiger partial charge in [-0.3, -0.25) is 9.59 Å². The number of carbonyl (C=O) groups excluding carboxylic acids is 2. The molecule has 0 bridgehead atoms. The van der Waals surface area contributed by atoms with Crippen LogP contribution in [0.15, 0.2) is 66.9 Å². The van der Waals surface area contributed by atoms with E-state index >= 15 is 0 Å². The minimum Gasteiger partial charge on any atom is -0.454 e. The number of morpholine rings is 1. The van der Waals surface area contributed by atoms with Gasteiger partial charge < -0.3 is 29.4 Å². The molecule has 5 aromatic rings. The molecule has 3 aromatic carbocycles. The zero-order chi connectivity index (χ0) is 34.9. The molecule has 1 aliphatic rings. The highest BCUT2D eigenvalue weighted by Gasteiger charge is 2.25. The average Bonchev–Trinajstić information content (AvgIpc) is 3.64. The summed E-state index contributed by atoms with van der Waals surface area (Å²) in [5.41, 5.74) is 9.63. The monoisotopic (exact) mass is 687 g/mol. The van der Waals surface area contributed by atoms with E-state index in [0.29, 0.717) is 55.4 Å². The summed E-state index contributed by atoms with van der Waals surface area (Å²) in [6, 6.07) is 16.8. The van der Waals surface area contributed by atoms with Crippen LogP contribution in [0.5, 0.6) is 11.5 Å². The second-order valence-electron chi connectivity index (χ2n) is 13.3. The number of hydrogen-bond acceptors (Lipinski definition) is 7. The number of nitrogens with two attached hydrogens (primary N) is 1. The maximum atomic E-state index is 14.2. The van der Waals surface area contributed by atoms with Crippen molar-refractivity contribution < 1.29 is 32.6 Å². The van der Waals surface area contributed by atoms with Gasteiger partial charge in [0.1, 0.15) is 18.3 Å². The topological polar surface area (TPSA) is 114 Å². The van der Waals surface area contributed by atoms with Gasteiger partial charge in [-0.25, -0.2) is 9.07 Å². The molecule has 3 heterocycles. The van der Waals surface area contributed by atoms with Gasteiger partial charge in [0.25, 0.3) is 5.91 Å². The van der Waals surface area contributed by atoms with Crippen LogP contribution in [0, 0.1) is 18.6 Å². The number of nitrogen functional groups attached to an aromatic ring is 1. The quantitative estimate of drug-likeness (QED) is 0.0923. The Bertz CT molecular complexity index is 2030. The third-order valence-electron chi connectivity index (χ3n) is 8.49. The standard InChI is InChI=1S/C36H39F2N5O5Si/c1-23-18-26(48-32-7-5-6-28(37)33(32)38)9-11-29(23)43-35(39)27(21-40-43)34(44)31-20-25-19-24(36(45)41-12-14-46-15-13-41)8-10-30(25)42(31)22-47-16-17-49(2,3)4/h5-11,18-21H,12-17,22,39H2,1-4H3. The van der Waals surface area contributed by atoms with Crippen LogP contribution in [0.3, 0.4) is 0 Å². The second-order valence-corrected chi connectivity index (χ2v) is 18.9. The van der Waals surface area contributed by atoms with Crippen LogP contribution in [-0.2, 0) is 16.2 Å². The Hall–Kier alpha value is -4.85. The van der Waals surface area contributed by atoms with Gasteiger partial charge in [0, 0.05) is 38.7 Å². The molecule has 1 amide bonds. The van der Waals surface area contributed by atoms with Crippen molar-refractivity contribution in [2.75, 3.05) is 38.6 Å². The number of benzene rings is 3. The second kappa shape index (κ2) is 13.9. The fourth-order valence-electron chi connectivity index (χ4n) is 5.70. The number of ether oxygens (including phenoxy) is 3. The van der Waals surface area contributed by atoms with E-state index in [1.54, 1.807) is 48.2 Å². The van der Waals surface area contributed by atoms with Gasteiger partial charge in [-0.05, 0) is 73.1 Å². The van der Waals surface area contributed by atoms with E-state index in [2.05, 4.69) is 24.7 Å². The predicted molar refractivity (Wildman–Crippen MR) is 185 cm³/mol. The lowest BCUT2D eigenvalue weighted by Gasteiger charge is -2.26. The van der Waals surface area contributed by atoms with Crippen molar-refractivity contribution in [1.29, 1.82) is 0 Å². The lowest BCUT2D eigenvalue weighted by molar-refractivity contribution is 0.0303. The number of amides is 1. The smallest absolute Gasteiger partial charge is 0.254 e. The van der Waals surface area contributed by atoms with Gasteiger partial charge in [-0.1, -0.05) is 25.7 Å². The van der Waals surface area contributed by atoms with Crippen LogP contribution in [-0.4, -0.2) is 71.9 Å². The van der Waals surface area contributed by atoms with Crippen LogP contribution < -0.4 is 10.5 Å². The molecule has 1 saturated heterocycles. The number of hydrogen-bond donors (Lipinski definition) is 1. The molecule has 49 heavy (non-hydrogen) atoms. The highest BCUT2D eigenvalue weighted by molar-refractivity contribution is 6.76. The van der Waals surface area contributed by atoms with Crippen LogP contribution in [0.25, 0.3) is 16.6 Å². The first kappa shape index (κ1) is 34.0. The van der Waals surface area contributed by atoms with E-state index in [0.717, 1.165) is 23.0 Å². The largest absolute Gasteiger partial charge is 0.454 e. The van der Waals surface area contributed by atoms with Crippen molar-refractivity contribution >= 4 is 36.5 Å². The Morgan fingerprint density at radius 2 is 1.80 bits per heavy atom. The summed E-state index contributed by atoms with van der Waals surface area (Å²) in [5, 5.41) is 5.16. The minimum atomic E-state index is -1.35. The molecule has 2 aromatic heterocycles. The highest BCUT2D eigenvalue weighted by Crippen LogP contribution is 2.31. The number of rotatable bonds is 11. The number of ketones is 1. The van der Waals surface area contributed by atoms with Gasteiger partial charge in [-0.15, -0.1) is 0 Å². The van der Waals surface area contributed by atoms with E-state index in [-0.39, 0.29) is 41.3 Å². The summed E-state index contributed by atoms with van der Waals surface area (Å²) in [6.45, 7) is 11.4. The van der Waals surface area contributed by atoms with E-state index in [9.17, 15) is 18.4 Å².